The van der Waals surface area contributed by atoms with Crippen LogP contribution in [0.5, 0.6) is 5.75 Å². The summed E-state index contributed by atoms with van der Waals surface area (Å²) in [5, 5.41) is 0.858. The zero-order valence-electron chi connectivity index (χ0n) is 14.0. The molecule has 5 heteroatoms. The maximum atomic E-state index is 11.8. The summed E-state index contributed by atoms with van der Waals surface area (Å²) in [6, 6.07) is 15.7. The number of methoxy groups -OCH3 is 1. The predicted molar refractivity (Wildman–Crippen MR) is 94.7 cm³/mol. The van der Waals surface area contributed by atoms with Gasteiger partial charge in [-0.25, -0.2) is 4.79 Å². The number of ether oxygens (including phenoxy) is 2. The van der Waals surface area contributed by atoms with Crippen molar-refractivity contribution in [3.8, 4) is 5.75 Å². The highest BCUT2D eigenvalue weighted by Gasteiger charge is 2.14. The van der Waals surface area contributed by atoms with E-state index in [2.05, 4.69) is 4.98 Å². The van der Waals surface area contributed by atoms with E-state index < -0.39 is 5.97 Å². The third-order valence-corrected chi connectivity index (χ3v) is 3.84. The van der Waals surface area contributed by atoms with E-state index in [0.29, 0.717) is 12.3 Å². The van der Waals surface area contributed by atoms with Crippen molar-refractivity contribution in [1.29, 1.82) is 0 Å². The van der Waals surface area contributed by atoms with E-state index >= 15 is 0 Å². The first-order valence-electron chi connectivity index (χ1n) is 7.67. The molecule has 0 aliphatic heterocycles. The summed E-state index contributed by atoms with van der Waals surface area (Å²) in [6.45, 7) is 0.464. The van der Waals surface area contributed by atoms with Crippen molar-refractivity contribution < 1.29 is 14.3 Å². The number of nitrogens with zero attached hydrogens (tertiary/aromatic N) is 1. The molecule has 0 amide bonds. The lowest BCUT2D eigenvalue weighted by molar-refractivity contribution is 0.0595. The van der Waals surface area contributed by atoms with Gasteiger partial charge in [-0.15, -0.1) is 0 Å². The molecule has 2 aromatic carbocycles. The van der Waals surface area contributed by atoms with Crippen LogP contribution in [0.3, 0.4) is 0 Å². The van der Waals surface area contributed by atoms with Crippen molar-refractivity contribution in [3.63, 3.8) is 0 Å². The number of carbonyl (C=O) groups is 1. The van der Waals surface area contributed by atoms with Crippen LogP contribution in [0.2, 0.25) is 0 Å². The molecule has 0 aliphatic carbocycles. The average molecular weight is 324 g/mol. The fraction of sp³-hybridized carbons (Fsp3) is 0.211. The first-order chi connectivity index (χ1) is 11.6. The van der Waals surface area contributed by atoms with E-state index in [-0.39, 0.29) is 0 Å². The molecule has 3 aromatic rings. The van der Waals surface area contributed by atoms with Crippen LogP contribution in [0.4, 0.5) is 5.69 Å². The van der Waals surface area contributed by atoms with Gasteiger partial charge >= 0.3 is 5.97 Å². The van der Waals surface area contributed by atoms with Crippen molar-refractivity contribution in [2.75, 3.05) is 26.1 Å². The number of rotatable bonds is 5. The second kappa shape index (κ2) is 6.66. The molecule has 0 radical (unpaired) electrons. The monoisotopic (exact) mass is 324 g/mol. The Morgan fingerprint density at radius 2 is 1.88 bits per heavy atom. The molecule has 3 rings (SSSR count). The number of aromatic nitrogens is 1. The molecule has 1 N–H and O–H groups in total. The SMILES string of the molecule is COC(=O)c1cc2c(OCc3ccccc3)cc(N(C)C)cc2[nH]1. The summed E-state index contributed by atoms with van der Waals surface area (Å²) in [7, 11) is 5.30. The van der Waals surface area contributed by atoms with Gasteiger partial charge in [-0.3, -0.25) is 0 Å². The first-order valence-corrected chi connectivity index (χ1v) is 7.67. The van der Waals surface area contributed by atoms with Crippen LogP contribution in [0, 0.1) is 0 Å². The topological polar surface area (TPSA) is 54.6 Å². The van der Waals surface area contributed by atoms with Gasteiger partial charge in [-0.2, -0.15) is 0 Å². The van der Waals surface area contributed by atoms with Gasteiger partial charge in [0.15, 0.2) is 0 Å². The molecule has 0 saturated carbocycles. The van der Waals surface area contributed by atoms with Gasteiger partial charge in [0.05, 0.1) is 12.6 Å². The number of hydrogen-bond acceptors (Lipinski definition) is 4. The van der Waals surface area contributed by atoms with Crippen molar-refractivity contribution in [2.24, 2.45) is 0 Å². The van der Waals surface area contributed by atoms with Crippen LogP contribution in [-0.4, -0.2) is 32.2 Å². The zero-order chi connectivity index (χ0) is 17.1. The molecule has 1 aromatic heterocycles. The number of nitrogens with one attached hydrogen (secondary N) is 1. The van der Waals surface area contributed by atoms with Gasteiger partial charge in [-0.05, 0) is 17.7 Å². The normalized spacial score (nSPS) is 10.6. The van der Waals surface area contributed by atoms with Crippen molar-refractivity contribution in [2.45, 2.75) is 6.61 Å². The molecule has 1 heterocycles. The number of benzene rings is 2. The van der Waals surface area contributed by atoms with Crippen LogP contribution in [0.25, 0.3) is 10.9 Å². The molecule has 5 nitrogen and oxygen atoms in total. The molecule has 0 unspecified atom stereocenters. The average Bonchev–Trinajstić information content (AvgIpc) is 3.04. The molecule has 0 bridgehead atoms. The Hall–Kier alpha value is -2.95. The number of carbonyl (C=O) groups excluding carboxylic acids is 1. The Bertz CT molecular complexity index is 854. The summed E-state index contributed by atoms with van der Waals surface area (Å²) in [4.78, 5) is 16.9. The molecule has 0 fully saturated rings. The van der Waals surface area contributed by atoms with E-state index in [4.69, 9.17) is 9.47 Å². The molecule has 0 atom stereocenters. The van der Waals surface area contributed by atoms with Crippen LogP contribution >= 0.6 is 0 Å². The van der Waals surface area contributed by atoms with Crippen molar-refractivity contribution >= 4 is 22.6 Å². The number of esters is 1. The molecule has 124 valence electrons. The summed E-state index contributed by atoms with van der Waals surface area (Å²) in [5.41, 5.74) is 3.33. The van der Waals surface area contributed by atoms with Crippen LogP contribution in [-0.2, 0) is 11.3 Å². The van der Waals surface area contributed by atoms with E-state index in [1.165, 1.54) is 7.11 Å². The fourth-order valence-electron chi connectivity index (χ4n) is 2.52. The number of H-pyrrole nitrogens is 1. The summed E-state index contributed by atoms with van der Waals surface area (Å²) < 4.78 is 10.8. The maximum absolute atomic E-state index is 11.8. The Kier molecular flexibility index (Phi) is 4.42. The second-order valence-corrected chi connectivity index (χ2v) is 5.75. The zero-order valence-corrected chi connectivity index (χ0v) is 14.0. The van der Waals surface area contributed by atoms with Crippen molar-refractivity contribution in [1.82, 2.24) is 4.98 Å². The summed E-state index contributed by atoms with van der Waals surface area (Å²) in [6.07, 6.45) is 0. The van der Waals surface area contributed by atoms with Gasteiger partial charge < -0.3 is 19.4 Å². The van der Waals surface area contributed by atoms with Gasteiger partial charge in [0, 0.05) is 31.2 Å². The molecule has 0 saturated heterocycles. The minimum Gasteiger partial charge on any atom is -0.488 e. The van der Waals surface area contributed by atoms with E-state index in [0.717, 1.165) is 27.9 Å². The lowest BCUT2D eigenvalue weighted by Gasteiger charge is -2.15. The van der Waals surface area contributed by atoms with Crippen LogP contribution in [0.15, 0.2) is 48.5 Å². The quantitative estimate of drug-likeness (QED) is 0.729. The van der Waals surface area contributed by atoms with Crippen LogP contribution in [0.1, 0.15) is 16.1 Å². The highest BCUT2D eigenvalue weighted by molar-refractivity contribution is 5.98. The lowest BCUT2D eigenvalue weighted by atomic mass is 10.2. The maximum Gasteiger partial charge on any atom is 0.354 e. The number of anilines is 1. The Morgan fingerprint density at radius 3 is 2.54 bits per heavy atom. The van der Waals surface area contributed by atoms with Gasteiger partial charge in [0.1, 0.15) is 18.1 Å². The standard InChI is InChI=1S/C19H20N2O3/c1-21(2)14-9-16-15(11-17(20-16)19(22)23-3)18(10-14)24-12-13-7-5-4-6-8-13/h4-11,20H,12H2,1-3H3. The van der Waals surface area contributed by atoms with Crippen molar-refractivity contribution in [3.05, 3.63) is 59.8 Å². The molecule has 0 spiro atoms. The highest BCUT2D eigenvalue weighted by atomic mass is 16.5. The molecular weight excluding hydrogens is 304 g/mol. The minimum atomic E-state index is -0.397. The number of aromatic amines is 1. The first kappa shape index (κ1) is 15.9. The second-order valence-electron chi connectivity index (χ2n) is 5.75. The largest absolute Gasteiger partial charge is 0.488 e. The number of fused-ring (bicyclic) bond motifs is 1. The van der Waals surface area contributed by atoms with E-state index in [1.54, 1.807) is 6.07 Å². The Morgan fingerprint density at radius 1 is 1.12 bits per heavy atom. The summed E-state index contributed by atoms with van der Waals surface area (Å²) in [5.74, 6) is 0.332. The van der Waals surface area contributed by atoms with E-state index in [1.807, 2.05) is 61.5 Å². The smallest absolute Gasteiger partial charge is 0.354 e. The van der Waals surface area contributed by atoms with Gasteiger partial charge in [0.25, 0.3) is 0 Å². The minimum absolute atomic E-state index is 0.397. The third-order valence-electron chi connectivity index (χ3n) is 3.84. The highest BCUT2D eigenvalue weighted by Crippen LogP contribution is 2.32. The summed E-state index contributed by atoms with van der Waals surface area (Å²) >= 11 is 0. The lowest BCUT2D eigenvalue weighted by Crippen LogP contribution is -2.08. The third kappa shape index (κ3) is 3.20. The van der Waals surface area contributed by atoms with E-state index in [9.17, 15) is 4.79 Å². The Balaban J connectivity index is 1.99. The Labute approximate surface area is 140 Å². The molecular formula is C19H20N2O3. The molecule has 0 aliphatic rings. The fourth-order valence-corrected chi connectivity index (χ4v) is 2.52. The molecule has 24 heavy (non-hydrogen) atoms. The number of hydrogen-bond donors (Lipinski definition) is 1. The predicted octanol–water partition coefficient (Wildman–Crippen LogP) is 3.60. The van der Waals surface area contributed by atoms with Gasteiger partial charge in [0.2, 0.25) is 0 Å². The van der Waals surface area contributed by atoms with Gasteiger partial charge in [-0.1, -0.05) is 30.3 Å². The van der Waals surface area contributed by atoms with Crippen LogP contribution < -0.4 is 9.64 Å².